The van der Waals surface area contributed by atoms with E-state index in [1.807, 2.05) is 22.9 Å². The fourth-order valence-corrected chi connectivity index (χ4v) is 1.84. The van der Waals surface area contributed by atoms with E-state index in [4.69, 9.17) is 11.6 Å². The van der Waals surface area contributed by atoms with Gasteiger partial charge in [-0.1, -0.05) is 23.7 Å². The number of hydrogen-bond donors (Lipinski definition) is 0. The molecule has 0 aliphatic rings. The molecule has 0 saturated heterocycles. The second kappa shape index (κ2) is 3.91. The Morgan fingerprint density at radius 1 is 1.47 bits per heavy atom. The van der Waals surface area contributed by atoms with Crippen LogP contribution in [0.2, 0.25) is 5.02 Å². The van der Waals surface area contributed by atoms with Crippen LogP contribution in [-0.4, -0.2) is 10.9 Å². The summed E-state index contributed by atoms with van der Waals surface area (Å²) in [5.41, 5.74) is 1.65. The third-order valence-corrected chi connectivity index (χ3v) is 2.56. The maximum absolute atomic E-state index is 10.9. The molecule has 0 saturated carbocycles. The van der Waals surface area contributed by atoms with Crippen molar-refractivity contribution < 1.29 is 4.79 Å². The molecular formula is C12H10ClNO. The minimum absolute atomic E-state index is 0.670. The highest BCUT2D eigenvalue weighted by atomic mass is 35.5. The normalized spacial score (nSPS) is 10.5. The second-order valence-electron chi connectivity index (χ2n) is 3.30. The van der Waals surface area contributed by atoms with E-state index in [1.54, 1.807) is 12.1 Å². The Morgan fingerprint density at radius 3 is 2.93 bits per heavy atom. The zero-order valence-electron chi connectivity index (χ0n) is 8.11. The molecule has 0 spiro atoms. The van der Waals surface area contributed by atoms with Crippen LogP contribution in [0, 0.1) is 0 Å². The van der Waals surface area contributed by atoms with Crippen LogP contribution < -0.4 is 0 Å². The summed E-state index contributed by atoms with van der Waals surface area (Å²) in [7, 11) is 0. The summed E-state index contributed by atoms with van der Waals surface area (Å²) in [5, 5.41) is 1.60. The van der Waals surface area contributed by atoms with E-state index in [9.17, 15) is 4.79 Å². The third kappa shape index (κ3) is 1.68. The van der Waals surface area contributed by atoms with E-state index < -0.39 is 0 Å². The van der Waals surface area contributed by atoms with Crippen molar-refractivity contribution in [2.45, 2.75) is 6.54 Å². The molecule has 0 atom stereocenters. The Kier molecular flexibility index (Phi) is 2.60. The Labute approximate surface area is 92.8 Å². The van der Waals surface area contributed by atoms with Gasteiger partial charge in [0.2, 0.25) is 0 Å². The van der Waals surface area contributed by atoms with Gasteiger partial charge < -0.3 is 4.57 Å². The van der Waals surface area contributed by atoms with Gasteiger partial charge >= 0.3 is 0 Å². The van der Waals surface area contributed by atoms with Crippen LogP contribution in [0.15, 0.2) is 37.1 Å². The molecule has 0 radical (unpaired) electrons. The Bertz CT molecular complexity index is 528. The lowest BCUT2D eigenvalue weighted by Gasteiger charge is -2.00. The van der Waals surface area contributed by atoms with Gasteiger partial charge in [-0.05, 0) is 12.1 Å². The molecule has 1 aromatic heterocycles. The fraction of sp³-hybridized carbons (Fsp3) is 0.0833. The topological polar surface area (TPSA) is 22.0 Å². The second-order valence-corrected chi connectivity index (χ2v) is 3.74. The van der Waals surface area contributed by atoms with Crippen molar-refractivity contribution >= 4 is 28.8 Å². The molecule has 0 bridgehead atoms. The molecule has 15 heavy (non-hydrogen) atoms. The largest absolute Gasteiger partial charge is 0.343 e. The number of carbonyl (C=O) groups excluding carboxylic acids is 1. The molecule has 76 valence electrons. The standard InChI is InChI=1S/C12H10ClNO/c1-2-5-14-7-9(8-15)11-4-3-10(13)6-12(11)14/h2-4,6-8H,1,5H2. The predicted molar refractivity (Wildman–Crippen MR) is 62.5 cm³/mol. The van der Waals surface area contributed by atoms with Crippen LogP contribution in [0.1, 0.15) is 10.4 Å². The number of allylic oxidation sites excluding steroid dienone is 1. The first-order valence-corrected chi connectivity index (χ1v) is 4.98. The van der Waals surface area contributed by atoms with Crippen LogP contribution >= 0.6 is 11.6 Å². The minimum atomic E-state index is 0.670. The first-order valence-electron chi connectivity index (χ1n) is 4.60. The molecule has 0 aliphatic carbocycles. The van der Waals surface area contributed by atoms with Gasteiger partial charge in [-0.3, -0.25) is 4.79 Å². The van der Waals surface area contributed by atoms with Gasteiger partial charge in [0.1, 0.15) is 0 Å². The highest BCUT2D eigenvalue weighted by Crippen LogP contribution is 2.23. The average molecular weight is 220 g/mol. The van der Waals surface area contributed by atoms with Gasteiger partial charge in [0.25, 0.3) is 0 Å². The lowest BCUT2D eigenvalue weighted by molar-refractivity contribution is 0.112. The summed E-state index contributed by atoms with van der Waals surface area (Å²) in [6.45, 7) is 4.35. The highest BCUT2D eigenvalue weighted by molar-refractivity contribution is 6.31. The number of benzene rings is 1. The Morgan fingerprint density at radius 2 is 2.27 bits per heavy atom. The molecular weight excluding hydrogens is 210 g/mol. The molecule has 1 heterocycles. The van der Waals surface area contributed by atoms with Gasteiger partial charge in [0.05, 0.1) is 5.52 Å². The van der Waals surface area contributed by atoms with Crippen LogP contribution in [-0.2, 0) is 6.54 Å². The van der Waals surface area contributed by atoms with Crippen molar-refractivity contribution in [3.63, 3.8) is 0 Å². The number of fused-ring (bicyclic) bond motifs is 1. The summed E-state index contributed by atoms with van der Waals surface area (Å²) in [4.78, 5) is 10.9. The van der Waals surface area contributed by atoms with E-state index >= 15 is 0 Å². The van der Waals surface area contributed by atoms with Crippen LogP contribution in [0.5, 0.6) is 0 Å². The SMILES string of the molecule is C=CCn1cc(C=O)c2ccc(Cl)cc21. The summed E-state index contributed by atoms with van der Waals surface area (Å²) in [6.07, 6.45) is 4.46. The molecule has 3 heteroatoms. The maximum atomic E-state index is 10.9. The van der Waals surface area contributed by atoms with Gasteiger partial charge in [-0.2, -0.15) is 0 Å². The quantitative estimate of drug-likeness (QED) is 0.574. The number of rotatable bonds is 3. The van der Waals surface area contributed by atoms with Gasteiger partial charge in [-0.25, -0.2) is 0 Å². The van der Waals surface area contributed by atoms with Gasteiger partial charge in [-0.15, -0.1) is 6.58 Å². The van der Waals surface area contributed by atoms with E-state index in [-0.39, 0.29) is 0 Å². The number of halogens is 1. The molecule has 2 rings (SSSR count). The Hall–Kier alpha value is -1.54. The average Bonchev–Trinajstić information content (AvgIpc) is 2.57. The maximum Gasteiger partial charge on any atom is 0.152 e. The lowest BCUT2D eigenvalue weighted by Crippen LogP contribution is -1.91. The monoisotopic (exact) mass is 219 g/mol. The van der Waals surface area contributed by atoms with Gasteiger partial charge in [0, 0.05) is 28.7 Å². The first kappa shape index (κ1) is 9.99. The summed E-state index contributed by atoms with van der Waals surface area (Å²) < 4.78 is 1.96. The molecule has 0 N–H and O–H groups in total. The molecule has 2 nitrogen and oxygen atoms in total. The van der Waals surface area contributed by atoms with Crippen molar-refractivity contribution in [1.29, 1.82) is 0 Å². The molecule has 0 amide bonds. The lowest BCUT2D eigenvalue weighted by atomic mass is 10.2. The van der Waals surface area contributed by atoms with Gasteiger partial charge in [0.15, 0.2) is 6.29 Å². The third-order valence-electron chi connectivity index (χ3n) is 2.33. The summed E-state index contributed by atoms with van der Waals surface area (Å²) >= 11 is 5.92. The van der Waals surface area contributed by atoms with Crippen molar-refractivity contribution in [3.05, 3.63) is 47.6 Å². The Balaban J connectivity index is 2.74. The number of aldehydes is 1. The van der Waals surface area contributed by atoms with Crippen molar-refractivity contribution in [1.82, 2.24) is 4.57 Å². The molecule has 2 aromatic rings. The van der Waals surface area contributed by atoms with E-state index in [0.717, 1.165) is 17.2 Å². The van der Waals surface area contributed by atoms with Crippen molar-refractivity contribution in [3.8, 4) is 0 Å². The molecule has 1 aromatic carbocycles. The van der Waals surface area contributed by atoms with Crippen molar-refractivity contribution in [2.24, 2.45) is 0 Å². The first-order chi connectivity index (χ1) is 7.26. The van der Waals surface area contributed by atoms with Crippen LogP contribution in [0.25, 0.3) is 10.9 Å². The minimum Gasteiger partial charge on any atom is -0.343 e. The zero-order valence-corrected chi connectivity index (χ0v) is 8.87. The summed E-state index contributed by atoms with van der Waals surface area (Å²) in [5.74, 6) is 0. The van der Waals surface area contributed by atoms with E-state index in [0.29, 0.717) is 17.1 Å². The number of nitrogens with zero attached hydrogens (tertiary/aromatic N) is 1. The van der Waals surface area contributed by atoms with Crippen LogP contribution in [0.4, 0.5) is 0 Å². The van der Waals surface area contributed by atoms with E-state index in [1.165, 1.54) is 0 Å². The zero-order chi connectivity index (χ0) is 10.8. The predicted octanol–water partition coefficient (Wildman–Crippen LogP) is 3.29. The fourth-order valence-electron chi connectivity index (χ4n) is 1.68. The highest BCUT2D eigenvalue weighted by Gasteiger charge is 2.06. The number of aromatic nitrogens is 1. The number of carbonyl (C=O) groups is 1. The summed E-state index contributed by atoms with van der Waals surface area (Å²) in [6, 6.07) is 5.50. The van der Waals surface area contributed by atoms with Crippen LogP contribution in [0.3, 0.4) is 0 Å². The molecule has 0 unspecified atom stereocenters. The molecule has 0 fully saturated rings. The van der Waals surface area contributed by atoms with Crippen molar-refractivity contribution in [2.75, 3.05) is 0 Å². The van der Waals surface area contributed by atoms with E-state index in [2.05, 4.69) is 6.58 Å². The smallest absolute Gasteiger partial charge is 0.152 e. The number of hydrogen-bond acceptors (Lipinski definition) is 1. The molecule has 0 aliphatic heterocycles.